The number of benzene rings is 1. The topological polar surface area (TPSA) is 121 Å². The van der Waals surface area contributed by atoms with Gasteiger partial charge in [-0.15, -0.1) is 0 Å². The lowest BCUT2D eigenvalue weighted by Crippen LogP contribution is -2.30. The molecule has 1 aromatic heterocycles. The first kappa shape index (κ1) is 19.0. The summed E-state index contributed by atoms with van der Waals surface area (Å²) in [6, 6.07) is 5.30. The highest BCUT2D eigenvalue weighted by Gasteiger charge is 2.23. The summed E-state index contributed by atoms with van der Waals surface area (Å²) in [6.45, 7) is 4.69. The number of rotatable bonds is 6. The van der Waals surface area contributed by atoms with E-state index in [1.165, 1.54) is 32.2 Å². The quantitative estimate of drug-likeness (QED) is 0.476. The summed E-state index contributed by atoms with van der Waals surface area (Å²) < 4.78 is 15.5. The monoisotopic (exact) mass is 362 g/mol. The van der Waals surface area contributed by atoms with Crippen LogP contribution in [0.5, 0.6) is 5.75 Å². The molecule has 2 rings (SSSR count). The number of nitro groups is 1. The van der Waals surface area contributed by atoms with Gasteiger partial charge in [-0.2, -0.15) is 0 Å². The molecule has 26 heavy (non-hydrogen) atoms. The summed E-state index contributed by atoms with van der Waals surface area (Å²) in [5.41, 5.74) is 0.121. The van der Waals surface area contributed by atoms with Gasteiger partial charge in [0.2, 0.25) is 0 Å². The Morgan fingerprint density at radius 1 is 1.27 bits per heavy atom. The number of esters is 1. The minimum Gasteiger partial charge on any atom is -0.495 e. The third kappa shape index (κ3) is 4.18. The number of non-ortho nitro benzene ring substituents is 1. The van der Waals surface area contributed by atoms with Gasteiger partial charge in [-0.3, -0.25) is 14.9 Å². The second-order valence-corrected chi connectivity index (χ2v) is 5.51. The van der Waals surface area contributed by atoms with Crippen LogP contribution in [0.1, 0.15) is 28.8 Å². The highest BCUT2D eigenvalue weighted by atomic mass is 16.6. The molecule has 0 radical (unpaired) electrons. The fourth-order valence-electron chi connectivity index (χ4n) is 2.25. The molecule has 9 heteroatoms. The number of carbonyl (C=O) groups is 2. The summed E-state index contributed by atoms with van der Waals surface area (Å²) >= 11 is 0. The maximum Gasteiger partial charge on any atom is 0.342 e. The van der Waals surface area contributed by atoms with E-state index in [1.54, 1.807) is 13.8 Å². The number of furan rings is 1. The second-order valence-electron chi connectivity index (χ2n) is 5.51. The van der Waals surface area contributed by atoms with E-state index < -0.39 is 22.9 Å². The zero-order valence-electron chi connectivity index (χ0n) is 14.7. The Morgan fingerprint density at radius 2 is 1.96 bits per heavy atom. The first-order valence-corrected chi connectivity index (χ1v) is 7.64. The van der Waals surface area contributed by atoms with E-state index in [-0.39, 0.29) is 22.7 Å². The number of carbonyl (C=O) groups excluding carboxylic acids is 2. The molecule has 1 aromatic carbocycles. The van der Waals surface area contributed by atoms with Gasteiger partial charge < -0.3 is 19.2 Å². The highest BCUT2D eigenvalue weighted by Crippen LogP contribution is 2.29. The summed E-state index contributed by atoms with van der Waals surface area (Å²) in [7, 11) is 1.37. The molecule has 0 saturated carbocycles. The van der Waals surface area contributed by atoms with Crippen LogP contribution in [0, 0.1) is 24.0 Å². The van der Waals surface area contributed by atoms with Crippen molar-refractivity contribution in [3.8, 4) is 5.75 Å². The third-order valence-corrected chi connectivity index (χ3v) is 3.57. The molecule has 0 aliphatic carbocycles. The molecule has 9 nitrogen and oxygen atoms in total. The Bertz CT molecular complexity index is 857. The molecular formula is C17H18N2O7. The molecule has 0 aliphatic heterocycles. The molecule has 0 aliphatic rings. The minimum atomic E-state index is -1.14. The first-order valence-electron chi connectivity index (χ1n) is 7.64. The SMILES string of the molecule is COc1ccc([N+](=O)[O-])cc1NC(=O)C(C)OC(=O)c1cc(C)oc1C. The number of anilines is 1. The van der Waals surface area contributed by atoms with E-state index in [0.717, 1.165) is 6.07 Å². The Balaban J connectivity index is 2.11. The van der Waals surface area contributed by atoms with Crippen LogP contribution in [-0.4, -0.2) is 30.0 Å². The number of nitrogens with zero attached hydrogens (tertiary/aromatic N) is 1. The van der Waals surface area contributed by atoms with Crippen LogP contribution in [0.2, 0.25) is 0 Å². The van der Waals surface area contributed by atoms with E-state index in [9.17, 15) is 19.7 Å². The number of nitro benzene ring substituents is 1. The Hall–Kier alpha value is -3.36. The number of hydrogen-bond donors (Lipinski definition) is 1. The van der Waals surface area contributed by atoms with Gasteiger partial charge in [-0.05, 0) is 32.9 Å². The zero-order chi connectivity index (χ0) is 19.4. The summed E-state index contributed by atoms with van der Waals surface area (Å²) in [5.74, 6) is -0.180. The molecule has 1 heterocycles. The lowest BCUT2D eigenvalue weighted by Gasteiger charge is -2.15. The molecule has 1 atom stereocenters. The molecule has 1 amide bonds. The highest BCUT2D eigenvalue weighted by molar-refractivity contribution is 5.98. The van der Waals surface area contributed by atoms with Gasteiger partial charge >= 0.3 is 5.97 Å². The lowest BCUT2D eigenvalue weighted by atomic mass is 10.2. The number of amides is 1. The van der Waals surface area contributed by atoms with Gasteiger partial charge in [0.1, 0.15) is 22.8 Å². The van der Waals surface area contributed by atoms with Crippen molar-refractivity contribution in [2.75, 3.05) is 12.4 Å². The fraction of sp³-hybridized carbons (Fsp3) is 0.294. The van der Waals surface area contributed by atoms with Gasteiger partial charge in [0.25, 0.3) is 11.6 Å². The van der Waals surface area contributed by atoms with Crippen molar-refractivity contribution in [2.24, 2.45) is 0 Å². The van der Waals surface area contributed by atoms with Crippen LogP contribution >= 0.6 is 0 Å². The Labute approximate surface area is 149 Å². The van der Waals surface area contributed by atoms with Crippen LogP contribution in [0.3, 0.4) is 0 Å². The molecule has 1 unspecified atom stereocenters. The van der Waals surface area contributed by atoms with Crippen LogP contribution in [0.15, 0.2) is 28.7 Å². The molecule has 1 N–H and O–H groups in total. The smallest absolute Gasteiger partial charge is 0.342 e. The van der Waals surface area contributed by atoms with Gasteiger partial charge in [0.15, 0.2) is 6.10 Å². The molecule has 2 aromatic rings. The van der Waals surface area contributed by atoms with Crippen molar-refractivity contribution in [3.05, 3.63) is 51.5 Å². The number of nitrogens with one attached hydrogen (secondary N) is 1. The molecule has 0 spiro atoms. The van der Waals surface area contributed by atoms with E-state index in [0.29, 0.717) is 11.5 Å². The molecule has 0 saturated heterocycles. The predicted molar refractivity (Wildman–Crippen MR) is 91.3 cm³/mol. The second kappa shape index (κ2) is 7.68. The van der Waals surface area contributed by atoms with Gasteiger partial charge in [-0.25, -0.2) is 4.79 Å². The largest absolute Gasteiger partial charge is 0.495 e. The maximum absolute atomic E-state index is 12.3. The van der Waals surface area contributed by atoms with Gasteiger partial charge in [0, 0.05) is 12.1 Å². The predicted octanol–water partition coefficient (Wildman–Crippen LogP) is 3.00. The number of methoxy groups -OCH3 is 1. The van der Waals surface area contributed by atoms with Gasteiger partial charge in [0.05, 0.1) is 17.7 Å². The van der Waals surface area contributed by atoms with E-state index >= 15 is 0 Å². The maximum atomic E-state index is 12.3. The van der Waals surface area contributed by atoms with Crippen molar-refractivity contribution in [3.63, 3.8) is 0 Å². The Morgan fingerprint density at radius 3 is 2.50 bits per heavy atom. The van der Waals surface area contributed by atoms with E-state index in [4.69, 9.17) is 13.9 Å². The Kier molecular flexibility index (Phi) is 5.61. The minimum absolute atomic E-state index is 0.102. The van der Waals surface area contributed by atoms with Crippen molar-refractivity contribution in [1.29, 1.82) is 0 Å². The summed E-state index contributed by atoms with van der Waals surface area (Å²) in [6.07, 6.45) is -1.14. The van der Waals surface area contributed by atoms with Crippen molar-refractivity contribution >= 4 is 23.3 Å². The first-order chi connectivity index (χ1) is 12.2. The average molecular weight is 362 g/mol. The van der Waals surface area contributed by atoms with Crippen molar-refractivity contribution in [1.82, 2.24) is 0 Å². The van der Waals surface area contributed by atoms with E-state index in [2.05, 4.69) is 5.32 Å². The van der Waals surface area contributed by atoms with Crippen molar-refractivity contribution in [2.45, 2.75) is 26.9 Å². The third-order valence-electron chi connectivity index (χ3n) is 3.57. The number of ether oxygens (including phenoxy) is 2. The number of aryl methyl sites for hydroxylation is 2. The summed E-state index contributed by atoms with van der Waals surface area (Å²) in [5, 5.41) is 13.3. The summed E-state index contributed by atoms with van der Waals surface area (Å²) in [4.78, 5) is 34.7. The number of hydrogen-bond acceptors (Lipinski definition) is 7. The van der Waals surface area contributed by atoms with Crippen LogP contribution in [-0.2, 0) is 9.53 Å². The molecular weight excluding hydrogens is 344 g/mol. The van der Waals surface area contributed by atoms with Crippen LogP contribution in [0.4, 0.5) is 11.4 Å². The van der Waals surface area contributed by atoms with Crippen LogP contribution < -0.4 is 10.1 Å². The standard InChI is InChI=1S/C17H18N2O7/c1-9-7-13(10(2)25-9)17(21)26-11(3)16(20)18-14-8-12(19(22)23)5-6-15(14)24-4/h5-8,11H,1-4H3,(H,18,20). The normalized spacial score (nSPS) is 11.5. The fourth-order valence-corrected chi connectivity index (χ4v) is 2.25. The average Bonchev–Trinajstić information content (AvgIpc) is 2.93. The van der Waals surface area contributed by atoms with E-state index in [1.807, 2.05) is 0 Å². The molecule has 138 valence electrons. The lowest BCUT2D eigenvalue weighted by molar-refractivity contribution is -0.384. The van der Waals surface area contributed by atoms with Gasteiger partial charge in [-0.1, -0.05) is 0 Å². The molecule has 0 fully saturated rings. The zero-order valence-corrected chi connectivity index (χ0v) is 14.7. The van der Waals surface area contributed by atoms with Crippen LogP contribution in [0.25, 0.3) is 0 Å². The van der Waals surface area contributed by atoms with Crippen molar-refractivity contribution < 1.29 is 28.4 Å². The molecule has 0 bridgehead atoms.